The molecule has 4 heterocycles. The Labute approximate surface area is 337 Å². The molecule has 0 aliphatic carbocycles. The molecule has 2 aromatic heterocycles. The molecule has 2 atom stereocenters. The number of carbonyl (C=O) groups excluding carboxylic acids is 1. The number of piperazine rings is 1. The normalized spacial score (nSPS) is 16.8. The minimum Gasteiger partial charge on any atom is -0.497 e. The van der Waals surface area contributed by atoms with Gasteiger partial charge >= 0.3 is 12.2 Å². The second-order valence-electron chi connectivity index (χ2n) is 14.8. The molecule has 7 rings (SSSR count). The van der Waals surface area contributed by atoms with E-state index < -0.39 is 17.5 Å². The Balaban J connectivity index is 1.27. The highest BCUT2D eigenvalue weighted by Crippen LogP contribution is 2.42. The number of amides is 1. The van der Waals surface area contributed by atoms with Crippen molar-refractivity contribution in [2.45, 2.75) is 71.3 Å². The summed E-state index contributed by atoms with van der Waals surface area (Å²) in [6, 6.07) is 16.6. The second-order valence-corrected chi connectivity index (χ2v) is 16.2. The van der Waals surface area contributed by atoms with Crippen molar-refractivity contribution in [3.63, 3.8) is 0 Å². The summed E-state index contributed by atoms with van der Waals surface area (Å²) in [4.78, 5) is 36.6. The number of fused-ring (bicyclic) bond motifs is 3. The molecule has 2 fully saturated rings. The first-order valence-electron chi connectivity index (χ1n) is 17.9. The molecule has 0 radical (unpaired) electrons. The van der Waals surface area contributed by atoms with Crippen LogP contribution in [0.15, 0.2) is 54.6 Å². The summed E-state index contributed by atoms with van der Waals surface area (Å²) < 4.78 is 49.3. The van der Waals surface area contributed by atoms with Crippen LogP contribution in [0.2, 0.25) is 5.02 Å². The molecule has 0 saturated carbocycles. The van der Waals surface area contributed by atoms with Gasteiger partial charge in [-0.25, -0.2) is 19.2 Å². The molecular weight excluding hydrogens is 843 g/mol. The number of rotatable bonds is 9. The van der Waals surface area contributed by atoms with Crippen LogP contribution in [0.4, 0.5) is 25.3 Å². The smallest absolute Gasteiger partial charge is 0.410 e. The van der Waals surface area contributed by atoms with Crippen molar-refractivity contribution in [1.29, 1.82) is 0 Å². The van der Waals surface area contributed by atoms with Crippen LogP contribution < -0.4 is 19.3 Å². The third-order valence-electron chi connectivity index (χ3n) is 9.81. The molecule has 2 unspecified atom stereocenters. The number of nitrogens with zero attached hydrogens (tertiary/aromatic N) is 7. The second kappa shape index (κ2) is 15.5. The Hall–Kier alpha value is -4.57. The highest BCUT2D eigenvalue weighted by molar-refractivity contribution is 14.1. The molecule has 55 heavy (non-hydrogen) atoms. The predicted octanol–water partition coefficient (Wildman–Crippen LogP) is 8.74. The van der Waals surface area contributed by atoms with E-state index in [1.54, 1.807) is 25.2 Å². The van der Waals surface area contributed by atoms with E-state index in [4.69, 9.17) is 35.8 Å². The van der Waals surface area contributed by atoms with E-state index in [0.29, 0.717) is 41.4 Å². The molecule has 11 nitrogen and oxygen atoms in total. The zero-order valence-electron chi connectivity index (χ0n) is 31.4. The number of aryl methyl sites for hydroxylation is 1. The molecule has 0 spiro atoms. The number of methoxy groups -OCH3 is 2. The Bertz CT molecular complexity index is 2180. The Morgan fingerprint density at radius 3 is 2.00 bits per heavy atom. The summed E-state index contributed by atoms with van der Waals surface area (Å²) in [5.74, 6) is 1.21. The standard InChI is InChI=1S/C40H41ClF2IN7O4/c1-22-33(44)35(47-38(45-22)50(18-23-7-13-27(53-5)14-8-23)19-24-9-15-28(54-6)16-10-24)31-30(41)17-29-34(32(31)42)46-37(43)48-36(29)49-20-25-11-12-26(21-49)51(25)39(52)55-40(2,3)4/h7-10,13-17,25-26H,11-12,18-21H2,1-6H3. The molecule has 15 heteroatoms. The van der Waals surface area contributed by atoms with Gasteiger partial charge in [-0.2, -0.15) is 14.4 Å². The maximum Gasteiger partial charge on any atom is 0.410 e. The van der Waals surface area contributed by atoms with E-state index in [2.05, 4.69) is 32.6 Å². The summed E-state index contributed by atoms with van der Waals surface area (Å²) in [6.07, 6.45) is 0.0636. The molecule has 3 aromatic carbocycles. The average Bonchev–Trinajstić information content (AvgIpc) is 3.42. The Morgan fingerprint density at radius 1 is 0.909 bits per heavy atom. The lowest BCUT2D eigenvalue weighted by molar-refractivity contribution is 0.0122. The summed E-state index contributed by atoms with van der Waals surface area (Å²) in [5, 5.41) is 0.329. The van der Waals surface area contributed by atoms with Gasteiger partial charge in [0.15, 0.2) is 5.82 Å². The SMILES string of the molecule is COc1ccc(CN(Cc2ccc(OC)cc2)c2nc(C)c(I)c(-c3c(Cl)cc4c(N5CC6CCC(C5)N6C(=O)OC(C)(C)C)nc(F)nc4c3F)n2)cc1. The quantitative estimate of drug-likeness (QED) is 0.105. The van der Waals surface area contributed by atoms with Gasteiger partial charge in [-0.05, 0) is 105 Å². The first kappa shape index (κ1) is 38.7. The molecule has 2 saturated heterocycles. The summed E-state index contributed by atoms with van der Waals surface area (Å²) in [7, 11) is 3.23. The predicted molar refractivity (Wildman–Crippen MR) is 216 cm³/mol. The number of halogens is 4. The van der Waals surface area contributed by atoms with Crippen molar-refractivity contribution in [3.8, 4) is 22.8 Å². The maximum absolute atomic E-state index is 17.0. The molecule has 2 bridgehead atoms. The average molecular weight is 884 g/mol. The van der Waals surface area contributed by atoms with Crippen molar-refractivity contribution < 1.29 is 27.8 Å². The lowest BCUT2D eigenvalue weighted by atomic mass is 10.1. The van der Waals surface area contributed by atoms with Crippen molar-refractivity contribution in [2.24, 2.45) is 0 Å². The number of ether oxygens (including phenoxy) is 3. The highest BCUT2D eigenvalue weighted by atomic mass is 127. The molecule has 2 aliphatic heterocycles. The minimum atomic E-state index is -1.07. The number of carbonyl (C=O) groups is 1. The van der Waals surface area contributed by atoms with Gasteiger partial charge in [0.05, 0.1) is 51.8 Å². The number of anilines is 2. The van der Waals surface area contributed by atoms with Gasteiger partial charge in [-0.1, -0.05) is 35.9 Å². The minimum absolute atomic E-state index is 0.0157. The molecule has 5 aromatic rings. The van der Waals surface area contributed by atoms with E-state index >= 15 is 8.78 Å². The van der Waals surface area contributed by atoms with Gasteiger partial charge in [0.1, 0.15) is 28.4 Å². The molecule has 2 aliphatic rings. The van der Waals surface area contributed by atoms with Crippen molar-refractivity contribution in [2.75, 3.05) is 37.1 Å². The van der Waals surface area contributed by atoms with Crippen LogP contribution >= 0.6 is 34.2 Å². The van der Waals surface area contributed by atoms with E-state index in [-0.39, 0.29) is 51.2 Å². The fourth-order valence-corrected chi connectivity index (χ4v) is 8.04. The highest BCUT2D eigenvalue weighted by Gasteiger charge is 2.45. The zero-order valence-corrected chi connectivity index (χ0v) is 34.3. The van der Waals surface area contributed by atoms with E-state index in [9.17, 15) is 4.79 Å². The van der Waals surface area contributed by atoms with Crippen molar-refractivity contribution in [3.05, 3.63) is 91.9 Å². The number of aromatic nitrogens is 4. The lowest BCUT2D eigenvalue weighted by Gasteiger charge is -2.42. The first-order chi connectivity index (χ1) is 26.2. The Kier molecular flexibility index (Phi) is 10.9. The van der Waals surface area contributed by atoms with Crippen LogP contribution in [-0.4, -0.2) is 75.9 Å². The van der Waals surface area contributed by atoms with Gasteiger partial charge in [-0.3, -0.25) is 4.90 Å². The largest absolute Gasteiger partial charge is 0.497 e. The lowest BCUT2D eigenvalue weighted by Crippen LogP contribution is -2.57. The van der Waals surface area contributed by atoms with Gasteiger partial charge < -0.3 is 24.0 Å². The van der Waals surface area contributed by atoms with Crippen LogP contribution in [-0.2, 0) is 17.8 Å². The number of hydrogen-bond acceptors (Lipinski definition) is 10. The topological polar surface area (TPSA) is 106 Å². The fourth-order valence-electron chi connectivity index (χ4n) is 7.25. The monoisotopic (exact) mass is 883 g/mol. The number of benzene rings is 3. The van der Waals surface area contributed by atoms with Crippen molar-refractivity contribution in [1.82, 2.24) is 24.8 Å². The van der Waals surface area contributed by atoms with Crippen LogP contribution in [0.5, 0.6) is 11.5 Å². The molecule has 288 valence electrons. The van der Waals surface area contributed by atoms with Gasteiger partial charge in [-0.15, -0.1) is 0 Å². The molecule has 0 N–H and O–H groups in total. The first-order valence-corrected chi connectivity index (χ1v) is 19.4. The van der Waals surface area contributed by atoms with Gasteiger partial charge in [0.25, 0.3) is 0 Å². The van der Waals surface area contributed by atoms with Crippen LogP contribution in [0.25, 0.3) is 22.2 Å². The van der Waals surface area contributed by atoms with E-state index in [1.165, 1.54) is 0 Å². The maximum atomic E-state index is 17.0. The summed E-state index contributed by atoms with van der Waals surface area (Å²) in [6.45, 7) is 8.90. The molecular formula is C40H41ClF2IN7O4. The third-order valence-corrected chi connectivity index (χ3v) is 11.4. The third kappa shape index (κ3) is 8.06. The van der Waals surface area contributed by atoms with E-state index in [1.807, 2.05) is 86.0 Å². The fraction of sp³-hybridized carbons (Fsp3) is 0.375. The van der Waals surface area contributed by atoms with Crippen molar-refractivity contribution >= 4 is 63.0 Å². The zero-order chi connectivity index (χ0) is 39.2. The van der Waals surface area contributed by atoms with Gasteiger partial charge in [0, 0.05) is 31.6 Å². The van der Waals surface area contributed by atoms with Crippen LogP contribution in [0, 0.1) is 22.4 Å². The van der Waals surface area contributed by atoms with Crippen LogP contribution in [0.3, 0.4) is 0 Å². The van der Waals surface area contributed by atoms with E-state index in [0.717, 1.165) is 35.5 Å². The number of hydrogen-bond donors (Lipinski definition) is 0. The summed E-state index contributed by atoms with van der Waals surface area (Å²) in [5.41, 5.74) is 1.95. The van der Waals surface area contributed by atoms with Gasteiger partial charge in [0.2, 0.25) is 5.95 Å². The Morgan fingerprint density at radius 2 is 1.47 bits per heavy atom. The summed E-state index contributed by atoms with van der Waals surface area (Å²) >= 11 is 9.07. The van der Waals surface area contributed by atoms with Crippen LogP contribution in [0.1, 0.15) is 50.4 Å². The molecule has 1 amide bonds.